The van der Waals surface area contributed by atoms with Gasteiger partial charge in [-0.1, -0.05) is 17.3 Å². The van der Waals surface area contributed by atoms with Gasteiger partial charge in [-0.3, -0.25) is 4.79 Å². The highest BCUT2D eigenvalue weighted by Gasteiger charge is 2.27. The molecule has 0 atom stereocenters. The van der Waals surface area contributed by atoms with Crippen LogP contribution in [0.15, 0.2) is 28.8 Å². The summed E-state index contributed by atoms with van der Waals surface area (Å²) < 4.78 is 14.9. The maximum absolute atomic E-state index is 12.6. The summed E-state index contributed by atoms with van der Waals surface area (Å²) >= 11 is 0. The molecule has 110 valence electrons. The number of carbonyl (C=O) groups excluding carboxylic acids is 2. The topological polar surface area (TPSA) is 78.6 Å². The minimum Gasteiger partial charge on any atom is -0.497 e. The number of methoxy groups -OCH3 is 1. The molecule has 0 radical (unpaired) electrons. The lowest BCUT2D eigenvalue weighted by Crippen LogP contribution is -2.12. The highest BCUT2D eigenvalue weighted by atomic mass is 16.5. The van der Waals surface area contributed by atoms with E-state index in [0.29, 0.717) is 11.3 Å². The number of hydrogen-bond donors (Lipinski definition) is 0. The highest BCUT2D eigenvalue weighted by Crippen LogP contribution is 2.21. The van der Waals surface area contributed by atoms with Crippen LogP contribution in [0.3, 0.4) is 0 Å². The number of nitrogens with zero attached hydrogens (tertiary/aromatic N) is 1. The van der Waals surface area contributed by atoms with Gasteiger partial charge in [0.25, 0.3) is 0 Å². The van der Waals surface area contributed by atoms with Crippen LogP contribution in [-0.4, -0.2) is 30.6 Å². The predicted molar refractivity (Wildman–Crippen MR) is 73.6 cm³/mol. The fourth-order valence-corrected chi connectivity index (χ4v) is 1.89. The molecule has 0 saturated carbocycles. The van der Waals surface area contributed by atoms with Crippen LogP contribution in [0.25, 0.3) is 0 Å². The quantitative estimate of drug-likeness (QED) is 0.621. The molecule has 0 aliphatic carbocycles. The fourth-order valence-electron chi connectivity index (χ4n) is 1.89. The van der Waals surface area contributed by atoms with Gasteiger partial charge in [0.1, 0.15) is 11.5 Å². The lowest BCUT2D eigenvalue weighted by Gasteiger charge is -2.04. The summed E-state index contributed by atoms with van der Waals surface area (Å²) in [7, 11) is 1.51. The van der Waals surface area contributed by atoms with E-state index in [0.717, 1.165) is 0 Å². The Balaban J connectivity index is 2.43. The molecule has 0 aliphatic heterocycles. The average Bonchev–Trinajstić information content (AvgIpc) is 2.88. The molecule has 0 amide bonds. The van der Waals surface area contributed by atoms with Crippen molar-refractivity contribution >= 4 is 11.8 Å². The second-order valence-electron chi connectivity index (χ2n) is 4.24. The van der Waals surface area contributed by atoms with Crippen molar-refractivity contribution in [3.05, 3.63) is 46.8 Å². The number of aryl methyl sites for hydroxylation is 1. The van der Waals surface area contributed by atoms with E-state index >= 15 is 0 Å². The molecule has 1 aromatic heterocycles. The zero-order chi connectivity index (χ0) is 15.4. The summed E-state index contributed by atoms with van der Waals surface area (Å²) in [6.45, 7) is 3.44. The highest BCUT2D eigenvalue weighted by molar-refractivity contribution is 6.14. The largest absolute Gasteiger partial charge is 0.497 e. The van der Waals surface area contributed by atoms with Crippen molar-refractivity contribution in [1.82, 2.24) is 5.16 Å². The maximum atomic E-state index is 12.6. The van der Waals surface area contributed by atoms with Crippen LogP contribution in [0.5, 0.6) is 5.75 Å². The van der Waals surface area contributed by atoms with E-state index in [9.17, 15) is 9.59 Å². The molecule has 1 aromatic carbocycles. The molecule has 0 unspecified atom stereocenters. The Kier molecular flexibility index (Phi) is 4.37. The minimum absolute atomic E-state index is 0.109. The number of rotatable bonds is 5. The van der Waals surface area contributed by atoms with Gasteiger partial charge in [-0.05, 0) is 26.0 Å². The van der Waals surface area contributed by atoms with Gasteiger partial charge in [0.15, 0.2) is 5.78 Å². The third-order valence-electron chi connectivity index (χ3n) is 2.89. The van der Waals surface area contributed by atoms with Gasteiger partial charge in [-0.25, -0.2) is 4.79 Å². The molecule has 6 nitrogen and oxygen atoms in total. The van der Waals surface area contributed by atoms with Crippen molar-refractivity contribution in [1.29, 1.82) is 0 Å². The Bertz CT molecular complexity index is 674. The van der Waals surface area contributed by atoms with Crippen LogP contribution in [0.1, 0.15) is 39.1 Å². The molecule has 0 N–H and O–H groups in total. The van der Waals surface area contributed by atoms with E-state index in [2.05, 4.69) is 5.16 Å². The molecular weight excluding hydrogens is 274 g/mol. The van der Waals surface area contributed by atoms with Gasteiger partial charge in [0.05, 0.1) is 19.3 Å². The lowest BCUT2D eigenvalue weighted by molar-refractivity contribution is 0.0512. The zero-order valence-electron chi connectivity index (χ0n) is 12.0. The first kappa shape index (κ1) is 14.8. The Hall–Kier alpha value is -2.63. The van der Waals surface area contributed by atoms with E-state index < -0.39 is 5.97 Å². The number of hydrogen-bond acceptors (Lipinski definition) is 6. The molecule has 0 spiro atoms. The van der Waals surface area contributed by atoms with Crippen molar-refractivity contribution < 1.29 is 23.6 Å². The molecule has 0 fully saturated rings. The summed E-state index contributed by atoms with van der Waals surface area (Å²) in [4.78, 5) is 24.4. The zero-order valence-corrected chi connectivity index (χ0v) is 12.0. The van der Waals surface area contributed by atoms with E-state index in [1.165, 1.54) is 7.11 Å². The molecular formula is C15H15NO5. The molecule has 21 heavy (non-hydrogen) atoms. The van der Waals surface area contributed by atoms with E-state index in [1.807, 2.05) is 0 Å². The predicted octanol–water partition coefficient (Wildman–Crippen LogP) is 2.40. The number of esters is 1. The molecule has 6 heteroatoms. The van der Waals surface area contributed by atoms with Crippen LogP contribution in [0.4, 0.5) is 0 Å². The average molecular weight is 289 g/mol. The third kappa shape index (κ3) is 2.94. The Morgan fingerprint density at radius 3 is 2.76 bits per heavy atom. The lowest BCUT2D eigenvalue weighted by atomic mass is 10.0. The second kappa shape index (κ2) is 6.21. The molecule has 0 bridgehead atoms. The summed E-state index contributed by atoms with van der Waals surface area (Å²) in [5, 5.41) is 3.62. The third-order valence-corrected chi connectivity index (χ3v) is 2.89. The van der Waals surface area contributed by atoms with E-state index in [4.69, 9.17) is 14.0 Å². The number of carbonyl (C=O) groups is 2. The van der Waals surface area contributed by atoms with Crippen LogP contribution in [0, 0.1) is 6.92 Å². The SMILES string of the molecule is CCOC(=O)c1noc(C)c1C(=O)c1cccc(OC)c1. The van der Waals surface area contributed by atoms with Crippen LogP contribution in [-0.2, 0) is 4.74 Å². The van der Waals surface area contributed by atoms with Crippen LogP contribution >= 0.6 is 0 Å². The van der Waals surface area contributed by atoms with Crippen molar-refractivity contribution in [2.24, 2.45) is 0 Å². The van der Waals surface area contributed by atoms with Gasteiger partial charge in [-0.15, -0.1) is 0 Å². The number of benzene rings is 1. The van der Waals surface area contributed by atoms with Gasteiger partial charge >= 0.3 is 5.97 Å². The van der Waals surface area contributed by atoms with E-state index in [1.54, 1.807) is 38.1 Å². The fraction of sp³-hybridized carbons (Fsp3) is 0.267. The van der Waals surface area contributed by atoms with Gasteiger partial charge in [0.2, 0.25) is 5.69 Å². The van der Waals surface area contributed by atoms with Crippen molar-refractivity contribution in [3.8, 4) is 5.75 Å². The molecule has 0 aliphatic rings. The number of ketones is 1. The molecule has 2 aromatic rings. The summed E-state index contributed by atoms with van der Waals surface area (Å²) in [5.41, 5.74) is 0.384. The van der Waals surface area contributed by atoms with Crippen molar-refractivity contribution in [3.63, 3.8) is 0 Å². The second-order valence-corrected chi connectivity index (χ2v) is 4.24. The molecule has 0 saturated heterocycles. The minimum atomic E-state index is -0.680. The van der Waals surface area contributed by atoms with Crippen LogP contribution in [0.2, 0.25) is 0 Å². The summed E-state index contributed by atoms with van der Waals surface area (Å²) in [6, 6.07) is 6.64. The van der Waals surface area contributed by atoms with Gasteiger partial charge < -0.3 is 14.0 Å². The number of ether oxygens (including phenoxy) is 2. The smallest absolute Gasteiger partial charge is 0.361 e. The van der Waals surface area contributed by atoms with Crippen molar-refractivity contribution in [2.75, 3.05) is 13.7 Å². The number of aromatic nitrogens is 1. The Morgan fingerprint density at radius 1 is 1.33 bits per heavy atom. The Morgan fingerprint density at radius 2 is 2.10 bits per heavy atom. The normalized spacial score (nSPS) is 10.2. The van der Waals surface area contributed by atoms with Gasteiger partial charge in [0, 0.05) is 5.56 Å². The Labute approximate surface area is 121 Å². The standard InChI is InChI=1S/C15H15NO5/c1-4-20-15(18)13-12(9(2)21-16-13)14(17)10-6-5-7-11(8-10)19-3/h5-8H,4H2,1-3H3. The molecule has 1 heterocycles. The van der Waals surface area contributed by atoms with Gasteiger partial charge in [-0.2, -0.15) is 0 Å². The first-order valence-electron chi connectivity index (χ1n) is 6.40. The van der Waals surface area contributed by atoms with Crippen LogP contribution < -0.4 is 4.74 Å². The van der Waals surface area contributed by atoms with E-state index in [-0.39, 0.29) is 29.4 Å². The molecule has 2 rings (SSSR count). The maximum Gasteiger partial charge on any atom is 0.361 e. The van der Waals surface area contributed by atoms with Crippen molar-refractivity contribution in [2.45, 2.75) is 13.8 Å². The first-order valence-corrected chi connectivity index (χ1v) is 6.40. The summed E-state index contributed by atoms with van der Waals surface area (Å²) in [5.74, 6) is -0.227. The monoisotopic (exact) mass is 289 g/mol. The first-order chi connectivity index (χ1) is 10.1. The summed E-state index contributed by atoms with van der Waals surface area (Å²) in [6.07, 6.45) is 0.